The first-order valence-electron chi connectivity index (χ1n) is 10.0. The van der Waals surface area contributed by atoms with Gasteiger partial charge in [-0.15, -0.1) is 0 Å². The molecule has 1 radical (unpaired) electrons. The SMILES string of the molecule is C1=CC(C2CCCCCCC2)[N]C(C2CCCCCCC2)=C1. The Balaban J connectivity index is 1.57. The molecule has 0 aromatic heterocycles. The molecule has 3 aliphatic rings. The molecule has 1 heterocycles. The zero-order chi connectivity index (χ0) is 15.0. The molecule has 0 aromatic rings. The summed E-state index contributed by atoms with van der Waals surface area (Å²) in [4.78, 5) is 0. The van der Waals surface area contributed by atoms with Crippen LogP contribution in [0.3, 0.4) is 0 Å². The molecule has 0 spiro atoms. The van der Waals surface area contributed by atoms with E-state index in [9.17, 15) is 0 Å². The number of hydrogen-bond donors (Lipinski definition) is 0. The van der Waals surface area contributed by atoms with Crippen LogP contribution in [0, 0.1) is 11.8 Å². The van der Waals surface area contributed by atoms with E-state index < -0.39 is 0 Å². The summed E-state index contributed by atoms with van der Waals surface area (Å²) >= 11 is 0. The summed E-state index contributed by atoms with van der Waals surface area (Å²) in [6.45, 7) is 0. The van der Waals surface area contributed by atoms with Gasteiger partial charge in [-0.05, 0) is 37.7 Å². The molecule has 2 saturated carbocycles. The van der Waals surface area contributed by atoms with Gasteiger partial charge in [0.2, 0.25) is 0 Å². The summed E-state index contributed by atoms with van der Waals surface area (Å²) in [7, 11) is 0. The van der Waals surface area contributed by atoms with Crippen LogP contribution in [0.4, 0.5) is 0 Å². The Labute approximate surface area is 137 Å². The molecule has 2 fully saturated rings. The summed E-state index contributed by atoms with van der Waals surface area (Å²) in [6, 6.07) is 0.489. The second kappa shape index (κ2) is 8.79. The molecule has 1 aliphatic heterocycles. The monoisotopic (exact) mass is 300 g/mol. The Kier molecular flexibility index (Phi) is 6.45. The Bertz CT molecular complexity index is 365. The van der Waals surface area contributed by atoms with Crippen molar-refractivity contribution in [1.82, 2.24) is 5.32 Å². The maximum Gasteiger partial charge on any atom is 0.0714 e. The van der Waals surface area contributed by atoms with Crippen LogP contribution in [0.1, 0.15) is 89.9 Å². The highest BCUT2D eigenvalue weighted by molar-refractivity contribution is 5.22. The van der Waals surface area contributed by atoms with Gasteiger partial charge in [0.1, 0.15) is 0 Å². The lowest BCUT2D eigenvalue weighted by molar-refractivity contribution is 0.309. The van der Waals surface area contributed by atoms with Crippen LogP contribution in [-0.2, 0) is 0 Å². The van der Waals surface area contributed by atoms with Crippen molar-refractivity contribution >= 4 is 0 Å². The number of rotatable bonds is 2. The third-order valence-electron chi connectivity index (χ3n) is 6.03. The van der Waals surface area contributed by atoms with E-state index in [1.165, 1.54) is 95.6 Å². The van der Waals surface area contributed by atoms with E-state index in [1.807, 2.05) is 0 Å². The van der Waals surface area contributed by atoms with E-state index in [0.717, 1.165) is 11.8 Å². The van der Waals surface area contributed by atoms with Crippen molar-refractivity contribution in [2.75, 3.05) is 0 Å². The topological polar surface area (TPSA) is 14.1 Å². The largest absolute Gasteiger partial charge is 0.282 e. The van der Waals surface area contributed by atoms with Gasteiger partial charge in [-0.2, -0.15) is 0 Å². The van der Waals surface area contributed by atoms with Gasteiger partial charge < -0.3 is 0 Å². The van der Waals surface area contributed by atoms with Gasteiger partial charge in [-0.1, -0.05) is 76.4 Å². The second-order valence-corrected chi connectivity index (χ2v) is 7.74. The van der Waals surface area contributed by atoms with Gasteiger partial charge in [0.05, 0.1) is 6.04 Å². The highest BCUT2D eigenvalue weighted by atomic mass is 14.9. The zero-order valence-electron chi connectivity index (χ0n) is 14.3. The average Bonchev–Trinajstić information content (AvgIpc) is 2.46. The first-order valence-corrected chi connectivity index (χ1v) is 10.0. The normalized spacial score (nSPS) is 29.6. The third kappa shape index (κ3) is 4.64. The molecule has 2 aliphatic carbocycles. The third-order valence-corrected chi connectivity index (χ3v) is 6.03. The fourth-order valence-corrected chi connectivity index (χ4v) is 4.61. The number of allylic oxidation sites excluding steroid dienone is 3. The minimum atomic E-state index is 0.489. The fraction of sp³-hybridized carbons (Fsp3) is 0.810. The summed E-state index contributed by atoms with van der Waals surface area (Å²) in [5.41, 5.74) is 1.44. The predicted octanol–water partition coefficient (Wildman–Crippen LogP) is 6.13. The van der Waals surface area contributed by atoms with Crippen molar-refractivity contribution in [3.05, 3.63) is 23.9 Å². The lowest BCUT2D eigenvalue weighted by Gasteiger charge is -2.32. The molecule has 1 heteroatoms. The quantitative estimate of drug-likeness (QED) is 0.582. The van der Waals surface area contributed by atoms with Crippen molar-refractivity contribution < 1.29 is 0 Å². The first-order chi connectivity index (χ1) is 10.9. The Morgan fingerprint density at radius 2 is 1.23 bits per heavy atom. The van der Waals surface area contributed by atoms with Crippen LogP contribution < -0.4 is 5.32 Å². The van der Waals surface area contributed by atoms with Gasteiger partial charge in [0, 0.05) is 11.6 Å². The summed E-state index contributed by atoms with van der Waals surface area (Å²) < 4.78 is 0. The number of nitrogens with zero attached hydrogens (tertiary/aromatic N) is 1. The van der Waals surface area contributed by atoms with Crippen molar-refractivity contribution in [1.29, 1.82) is 0 Å². The van der Waals surface area contributed by atoms with Crippen molar-refractivity contribution in [3.8, 4) is 0 Å². The minimum Gasteiger partial charge on any atom is -0.282 e. The van der Waals surface area contributed by atoms with Crippen LogP contribution in [0.25, 0.3) is 0 Å². The lowest BCUT2D eigenvalue weighted by Crippen LogP contribution is -2.33. The Morgan fingerprint density at radius 3 is 1.86 bits per heavy atom. The summed E-state index contributed by atoms with van der Waals surface area (Å²) in [5, 5.41) is 5.25. The van der Waals surface area contributed by atoms with Crippen molar-refractivity contribution in [2.24, 2.45) is 11.8 Å². The Morgan fingerprint density at radius 1 is 0.682 bits per heavy atom. The fourth-order valence-electron chi connectivity index (χ4n) is 4.61. The van der Waals surface area contributed by atoms with Gasteiger partial charge in [-0.25, -0.2) is 0 Å². The Hall–Kier alpha value is -0.720. The predicted molar refractivity (Wildman–Crippen MR) is 94.8 cm³/mol. The molecule has 0 bridgehead atoms. The molecule has 1 nitrogen and oxygen atoms in total. The van der Waals surface area contributed by atoms with Gasteiger partial charge in [0.25, 0.3) is 0 Å². The summed E-state index contributed by atoms with van der Waals surface area (Å²) in [5.74, 6) is 1.56. The van der Waals surface area contributed by atoms with Crippen LogP contribution >= 0.6 is 0 Å². The van der Waals surface area contributed by atoms with Crippen LogP contribution in [0.5, 0.6) is 0 Å². The first kappa shape index (κ1) is 16.1. The van der Waals surface area contributed by atoms with Gasteiger partial charge in [0.15, 0.2) is 0 Å². The lowest BCUT2D eigenvalue weighted by atomic mass is 9.83. The zero-order valence-corrected chi connectivity index (χ0v) is 14.3. The maximum absolute atomic E-state index is 5.25. The molecule has 22 heavy (non-hydrogen) atoms. The van der Waals surface area contributed by atoms with Gasteiger partial charge >= 0.3 is 0 Å². The van der Waals surface area contributed by atoms with E-state index in [-0.39, 0.29) is 0 Å². The smallest absolute Gasteiger partial charge is 0.0714 e. The highest BCUT2D eigenvalue weighted by Crippen LogP contribution is 2.32. The molecule has 1 unspecified atom stereocenters. The molecule has 0 aromatic carbocycles. The van der Waals surface area contributed by atoms with Gasteiger partial charge in [-0.3, -0.25) is 5.32 Å². The molecular formula is C21H34N. The molecule has 0 N–H and O–H groups in total. The molecular weight excluding hydrogens is 266 g/mol. The molecule has 3 rings (SSSR count). The molecule has 123 valence electrons. The minimum absolute atomic E-state index is 0.489. The average molecular weight is 301 g/mol. The maximum atomic E-state index is 5.25. The number of hydrogen-bond acceptors (Lipinski definition) is 0. The summed E-state index contributed by atoms with van der Waals surface area (Å²) in [6.07, 6.45) is 26.9. The van der Waals surface area contributed by atoms with Crippen molar-refractivity contribution in [2.45, 2.75) is 95.9 Å². The van der Waals surface area contributed by atoms with E-state index >= 15 is 0 Å². The van der Waals surface area contributed by atoms with E-state index in [0.29, 0.717) is 6.04 Å². The molecule has 0 amide bonds. The van der Waals surface area contributed by atoms with E-state index in [2.05, 4.69) is 18.2 Å². The molecule has 0 saturated heterocycles. The molecule has 1 atom stereocenters. The van der Waals surface area contributed by atoms with Crippen LogP contribution in [-0.4, -0.2) is 6.04 Å². The standard InChI is InChI=1S/C21H34N/c1-3-7-12-18(13-8-4-1)20-16-11-17-21(22-20)19-14-9-5-2-6-10-15-19/h11,16-20H,1-10,12-15H2. The van der Waals surface area contributed by atoms with E-state index in [4.69, 9.17) is 5.32 Å². The van der Waals surface area contributed by atoms with E-state index in [1.54, 1.807) is 0 Å². The highest BCUT2D eigenvalue weighted by Gasteiger charge is 2.26. The van der Waals surface area contributed by atoms with Crippen LogP contribution in [0.15, 0.2) is 23.9 Å². The second-order valence-electron chi connectivity index (χ2n) is 7.74. The van der Waals surface area contributed by atoms with Crippen LogP contribution in [0.2, 0.25) is 0 Å². The van der Waals surface area contributed by atoms with Crippen molar-refractivity contribution in [3.63, 3.8) is 0 Å².